The van der Waals surface area contributed by atoms with Crippen LogP contribution in [0.1, 0.15) is 34.5 Å². The number of hydrogen-bond acceptors (Lipinski definition) is 3. The number of rotatable bonds is 6. The van der Waals surface area contributed by atoms with Gasteiger partial charge >= 0.3 is 0 Å². The molecule has 8 heteroatoms. The van der Waals surface area contributed by atoms with Gasteiger partial charge in [0, 0.05) is 11.3 Å². The van der Waals surface area contributed by atoms with E-state index in [0.29, 0.717) is 11.3 Å². The Balaban J connectivity index is 1.85. The predicted molar refractivity (Wildman–Crippen MR) is 116 cm³/mol. The molecular formula is C22H20ClFN2O3S. The van der Waals surface area contributed by atoms with Crippen LogP contribution in [0.3, 0.4) is 0 Å². The fraction of sp³-hybridized carbons (Fsp3) is 0.136. The second-order valence-corrected chi connectivity index (χ2v) is 8.92. The largest absolute Gasteiger partial charge is 0.345 e. The average Bonchev–Trinajstić information content (AvgIpc) is 2.68. The van der Waals surface area contributed by atoms with Gasteiger partial charge in [0.25, 0.3) is 15.9 Å². The summed E-state index contributed by atoms with van der Waals surface area (Å²) in [6.07, 6.45) is 0. The predicted octanol–water partition coefficient (Wildman–Crippen LogP) is 5.08. The van der Waals surface area contributed by atoms with E-state index < -0.39 is 27.8 Å². The van der Waals surface area contributed by atoms with Gasteiger partial charge < -0.3 is 5.32 Å². The highest BCUT2D eigenvalue weighted by Crippen LogP contribution is 2.24. The molecule has 5 nitrogen and oxygen atoms in total. The van der Waals surface area contributed by atoms with Gasteiger partial charge in [-0.05, 0) is 55.8 Å². The molecule has 3 rings (SSSR count). The molecule has 0 bridgehead atoms. The molecule has 0 saturated carbocycles. The first-order chi connectivity index (χ1) is 14.2. The van der Waals surface area contributed by atoms with E-state index in [1.807, 2.05) is 13.0 Å². The van der Waals surface area contributed by atoms with Crippen LogP contribution in [0.4, 0.5) is 10.1 Å². The molecule has 0 heterocycles. The second-order valence-electron chi connectivity index (χ2n) is 6.83. The molecule has 2 N–H and O–H groups in total. The molecule has 1 unspecified atom stereocenters. The third kappa shape index (κ3) is 4.98. The highest BCUT2D eigenvalue weighted by molar-refractivity contribution is 7.92. The standard InChI is InChI=1S/C22H20ClFN2O3S/c1-14-6-5-7-16(12-14)26-30(28,29)17-10-11-20(23)19(13-17)22(27)25-15(2)18-8-3-4-9-21(18)24/h3-13,15,26H,1-2H3,(H,25,27). The maximum atomic E-state index is 14.0. The number of benzene rings is 3. The van der Waals surface area contributed by atoms with Gasteiger partial charge in [0.15, 0.2) is 0 Å². The summed E-state index contributed by atoms with van der Waals surface area (Å²) in [7, 11) is -3.94. The van der Waals surface area contributed by atoms with Crippen molar-refractivity contribution in [3.63, 3.8) is 0 Å². The minimum Gasteiger partial charge on any atom is -0.345 e. The summed E-state index contributed by atoms with van der Waals surface area (Å²) in [6, 6.07) is 16.2. The normalized spacial score (nSPS) is 12.3. The first kappa shape index (κ1) is 21.8. The number of aryl methyl sites for hydroxylation is 1. The van der Waals surface area contributed by atoms with Crippen molar-refractivity contribution in [2.75, 3.05) is 4.72 Å². The van der Waals surface area contributed by atoms with Gasteiger partial charge in [0.05, 0.1) is 21.5 Å². The van der Waals surface area contributed by atoms with Crippen molar-refractivity contribution >= 4 is 33.2 Å². The van der Waals surface area contributed by atoms with Crippen LogP contribution in [0.25, 0.3) is 0 Å². The fourth-order valence-electron chi connectivity index (χ4n) is 2.95. The Bertz CT molecular complexity index is 1200. The minimum absolute atomic E-state index is 0.0213. The molecular weight excluding hydrogens is 427 g/mol. The summed E-state index contributed by atoms with van der Waals surface area (Å²) in [4.78, 5) is 12.6. The van der Waals surface area contributed by atoms with Gasteiger partial charge in [-0.1, -0.05) is 41.9 Å². The molecule has 1 atom stereocenters. The number of halogens is 2. The van der Waals surface area contributed by atoms with Gasteiger partial charge in [0.1, 0.15) is 5.82 Å². The van der Waals surface area contributed by atoms with Crippen LogP contribution in [0.5, 0.6) is 0 Å². The Morgan fingerprint density at radius 3 is 2.47 bits per heavy atom. The van der Waals surface area contributed by atoms with Crippen molar-refractivity contribution in [3.8, 4) is 0 Å². The lowest BCUT2D eigenvalue weighted by atomic mass is 10.1. The first-order valence-electron chi connectivity index (χ1n) is 9.12. The molecule has 0 aliphatic rings. The van der Waals surface area contributed by atoms with Crippen molar-refractivity contribution in [2.24, 2.45) is 0 Å². The summed E-state index contributed by atoms with van der Waals surface area (Å²) >= 11 is 6.13. The summed E-state index contributed by atoms with van der Waals surface area (Å²) in [6.45, 7) is 3.48. The fourth-order valence-corrected chi connectivity index (χ4v) is 4.23. The van der Waals surface area contributed by atoms with E-state index in [2.05, 4.69) is 10.0 Å². The third-order valence-electron chi connectivity index (χ3n) is 4.48. The molecule has 30 heavy (non-hydrogen) atoms. The van der Waals surface area contributed by atoms with E-state index in [4.69, 9.17) is 11.6 Å². The number of nitrogens with one attached hydrogen (secondary N) is 2. The number of sulfonamides is 1. The molecule has 1 amide bonds. The van der Waals surface area contributed by atoms with Crippen molar-refractivity contribution in [1.82, 2.24) is 5.32 Å². The van der Waals surface area contributed by atoms with Crippen LogP contribution in [-0.4, -0.2) is 14.3 Å². The third-order valence-corrected chi connectivity index (χ3v) is 6.19. The zero-order valence-electron chi connectivity index (χ0n) is 16.3. The molecule has 0 fully saturated rings. The van der Waals surface area contributed by atoms with E-state index in [1.54, 1.807) is 43.3 Å². The van der Waals surface area contributed by atoms with Crippen LogP contribution in [0, 0.1) is 12.7 Å². The van der Waals surface area contributed by atoms with E-state index in [0.717, 1.165) is 5.56 Å². The van der Waals surface area contributed by atoms with Crippen LogP contribution >= 0.6 is 11.6 Å². The first-order valence-corrected chi connectivity index (χ1v) is 11.0. The van der Waals surface area contributed by atoms with Crippen molar-refractivity contribution < 1.29 is 17.6 Å². The van der Waals surface area contributed by atoms with E-state index in [1.165, 1.54) is 24.3 Å². The molecule has 0 aromatic heterocycles. The Hall–Kier alpha value is -2.90. The van der Waals surface area contributed by atoms with Crippen molar-refractivity contribution in [1.29, 1.82) is 0 Å². The van der Waals surface area contributed by atoms with Gasteiger partial charge in [-0.2, -0.15) is 0 Å². The Labute approximate surface area is 179 Å². The minimum atomic E-state index is -3.94. The summed E-state index contributed by atoms with van der Waals surface area (Å²) < 4.78 is 41.9. The van der Waals surface area contributed by atoms with Crippen molar-refractivity contribution in [2.45, 2.75) is 24.8 Å². The lowest BCUT2D eigenvalue weighted by Crippen LogP contribution is -2.27. The maximum Gasteiger partial charge on any atom is 0.261 e. The second kappa shape index (κ2) is 8.85. The molecule has 156 valence electrons. The average molecular weight is 447 g/mol. The monoisotopic (exact) mass is 446 g/mol. The molecule has 0 spiro atoms. The molecule has 3 aromatic rings. The number of carbonyl (C=O) groups excluding carboxylic acids is 1. The molecule has 0 aliphatic carbocycles. The zero-order valence-corrected chi connectivity index (χ0v) is 17.9. The number of amides is 1. The molecule has 0 saturated heterocycles. The molecule has 0 aliphatic heterocycles. The molecule has 0 radical (unpaired) electrons. The van der Waals surface area contributed by atoms with E-state index in [9.17, 15) is 17.6 Å². The van der Waals surface area contributed by atoms with Gasteiger partial charge in [-0.25, -0.2) is 12.8 Å². The van der Waals surface area contributed by atoms with E-state index >= 15 is 0 Å². The topological polar surface area (TPSA) is 75.3 Å². The maximum absolute atomic E-state index is 14.0. The Morgan fingerprint density at radius 1 is 1.03 bits per heavy atom. The SMILES string of the molecule is Cc1cccc(NS(=O)(=O)c2ccc(Cl)c(C(=O)NC(C)c3ccccc3F)c2)c1. The van der Waals surface area contributed by atoms with E-state index in [-0.39, 0.29) is 15.5 Å². The van der Waals surface area contributed by atoms with Crippen LogP contribution in [0.2, 0.25) is 5.02 Å². The summed E-state index contributed by atoms with van der Waals surface area (Å²) in [5, 5.41) is 2.74. The van der Waals surface area contributed by atoms with Gasteiger partial charge in [0.2, 0.25) is 0 Å². The summed E-state index contributed by atoms with van der Waals surface area (Å²) in [5.41, 5.74) is 1.59. The van der Waals surface area contributed by atoms with Crippen molar-refractivity contribution in [3.05, 3.63) is 94.3 Å². The highest BCUT2D eigenvalue weighted by atomic mass is 35.5. The number of hydrogen-bond donors (Lipinski definition) is 2. The number of carbonyl (C=O) groups is 1. The summed E-state index contributed by atoms with van der Waals surface area (Å²) in [5.74, 6) is -1.06. The van der Waals surface area contributed by atoms with Crippen LogP contribution in [0.15, 0.2) is 71.6 Å². The van der Waals surface area contributed by atoms with Crippen LogP contribution in [-0.2, 0) is 10.0 Å². The van der Waals surface area contributed by atoms with Crippen LogP contribution < -0.4 is 10.0 Å². The quantitative estimate of drug-likeness (QED) is 0.554. The van der Waals surface area contributed by atoms with Gasteiger partial charge in [-0.3, -0.25) is 9.52 Å². The Morgan fingerprint density at radius 2 is 1.77 bits per heavy atom. The number of anilines is 1. The molecule has 3 aromatic carbocycles. The highest BCUT2D eigenvalue weighted by Gasteiger charge is 2.21. The Kier molecular flexibility index (Phi) is 6.43. The lowest BCUT2D eigenvalue weighted by molar-refractivity contribution is 0.0939. The van der Waals surface area contributed by atoms with Gasteiger partial charge in [-0.15, -0.1) is 0 Å². The lowest BCUT2D eigenvalue weighted by Gasteiger charge is -2.16. The zero-order chi connectivity index (χ0) is 21.9. The smallest absolute Gasteiger partial charge is 0.261 e.